The molecule has 0 bridgehead atoms. The number of hydrogen-bond donors (Lipinski definition) is 0. The molecule has 0 aromatic carbocycles. The highest BCUT2D eigenvalue weighted by Crippen LogP contribution is 2.28. The lowest BCUT2D eigenvalue weighted by atomic mass is 9.98. The number of hydrogen-bond acceptors (Lipinski definition) is 2. The van der Waals surface area contributed by atoms with E-state index in [1.54, 1.807) is 11.8 Å². The van der Waals surface area contributed by atoms with Crippen LogP contribution in [0.25, 0.3) is 0 Å². The zero-order valence-electron chi connectivity index (χ0n) is 12.8. The van der Waals surface area contributed by atoms with Gasteiger partial charge in [-0.2, -0.15) is 0 Å². The second-order valence-electron chi connectivity index (χ2n) is 5.91. The molecule has 1 heterocycles. The van der Waals surface area contributed by atoms with Crippen LogP contribution in [0.4, 0.5) is 0 Å². The smallest absolute Gasteiger partial charge is 0.230 e. The molecule has 0 fully saturated rings. The van der Waals surface area contributed by atoms with Gasteiger partial charge in [-0.15, -0.1) is 11.8 Å². The third-order valence-electron chi connectivity index (χ3n) is 3.36. The molecule has 0 aromatic heterocycles. The van der Waals surface area contributed by atoms with Crippen molar-refractivity contribution in [2.75, 3.05) is 5.75 Å². The fraction of sp³-hybridized carbons (Fsp3) is 0.688. The molecule has 1 aliphatic heterocycles. The van der Waals surface area contributed by atoms with Gasteiger partial charge in [0.1, 0.15) is 0 Å². The predicted molar refractivity (Wildman–Crippen MR) is 85.2 cm³/mol. The lowest BCUT2D eigenvalue weighted by molar-refractivity contribution is -0.140. The second kappa shape index (κ2) is 7.18. The van der Waals surface area contributed by atoms with Gasteiger partial charge in [0.15, 0.2) is 0 Å². The van der Waals surface area contributed by atoms with Crippen LogP contribution in [-0.2, 0) is 4.79 Å². The van der Waals surface area contributed by atoms with Gasteiger partial charge in [0.2, 0.25) is 5.91 Å². The third-order valence-corrected chi connectivity index (χ3v) is 4.04. The van der Waals surface area contributed by atoms with Crippen LogP contribution in [-0.4, -0.2) is 28.1 Å². The first kappa shape index (κ1) is 16.4. The van der Waals surface area contributed by atoms with Crippen LogP contribution >= 0.6 is 11.8 Å². The average Bonchev–Trinajstić information content (AvgIpc) is 2.47. The van der Waals surface area contributed by atoms with E-state index < -0.39 is 0 Å². The van der Waals surface area contributed by atoms with E-state index in [9.17, 15) is 4.79 Å². The van der Waals surface area contributed by atoms with Crippen molar-refractivity contribution in [1.82, 2.24) is 4.90 Å². The third kappa shape index (κ3) is 4.41. The van der Waals surface area contributed by atoms with Gasteiger partial charge in [0.25, 0.3) is 0 Å². The van der Waals surface area contributed by atoms with Crippen molar-refractivity contribution in [3.8, 4) is 0 Å². The quantitative estimate of drug-likeness (QED) is 0.719. The topological polar surface area (TPSA) is 20.3 Å². The van der Waals surface area contributed by atoms with Crippen molar-refractivity contribution < 1.29 is 4.79 Å². The van der Waals surface area contributed by atoms with Crippen molar-refractivity contribution in [3.05, 3.63) is 23.6 Å². The van der Waals surface area contributed by atoms with Gasteiger partial charge < -0.3 is 4.90 Å². The summed E-state index contributed by atoms with van der Waals surface area (Å²) in [7, 11) is 0. The summed E-state index contributed by atoms with van der Waals surface area (Å²) < 4.78 is 0. The summed E-state index contributed by atoms with van der Waals surface area (Å²) in [5.74, 6) is 1.37. The molecule has 0 N–H and O–H groups in total. The fourth-order valence-electron chi connectivity index (χ4n) is 2.46. The summed E-state index contributed by atoms with van der Waals surface area (Å²) in [6.07, 6.45) is 8.23. The van der Waals surface area contributed by atoms with Crippen LogP contribution in [0.15, 0.2) is 23.6 Å². The second-order valence-corrected chi connectivity index (χ2v) is 7.09. The van der Waals surface area contributed by atoms with Crippen LogP contribution < -0.4 is 0 Å². The molecule has 0 radical (unpaired) electrons. The standard InChI is InChI=1S/C16H27NOS/c1-6-13-9-8-10-14(11-12-19-7-2)17(15(13)18)16(3,4)5/h8-9,11-14H,6-7,10H2,1-5H3/b12-11-. The Morgan fingerprint density at radius 2 is 2.11 bits per heavy atom. The molecule has 3 heteroatoms. The minimum absolute atomic E-state index is 0.0384. The van der Waals surface area contributed by atoms with Gasteiger partial charge in [-0.1, -0.05) is 32.1 Å². The predicted octanol–water partition coefficient (Wildman–Crippen LogP) is 4.24. The zero-order chi connectivity index (χ0) is 14.5. The maximum absolute atomic E-state index is 12.7. The van der Waals surface area contributed by atoms with E-state index in [1.807, 2.05) is 0 Å². The minimum atomic E-state index is -0.136. The number of carbonyl (C=O) groups excluding carboxylic acids is 1. The van der Waals surface area contributed by atoms with Gasteiger partial charge in [-0.05, 0) is 44.8 Å². The van der Waals surface area contributed by atoms with Gasteiger partial charge in [0.05, 0.1) is 12.0 Å². The molecule has 19 heavy (non-hydrogen) atoms. The molecule has 0 saturated heterocycles. The van der Waals surface area contributed by atoms with E-state index in [1.165, 1.54) is 0 Å². The Hall–Kier alpha value is -0.700. The molecular weight excluding hydrogens is 254 g/mol. The van der Waals surface area contributed by atoms with Gasteiger partial charge in [0, 0.05) is 5.54 Å². The molecule has 0 aromatic rings. The molecule has 1 amide bonds. The summed E-state index contributed by atoms with van der Waals surface area (Å²) in [5.41, 5.74) is -0.136. The van der Waals surface area contributed by atoms with E-state index >= 15 is 0 Å². The van der Waals surface area contributed by atoms with Gasteiger partial charge in [-0.25, -0.2) is 0 Å². The van der Waals surface area contributed by atoms with Crippen LogP contribution in [0.3, 0.4) is 0 Å². The van der Waals surface area contributed by atoms with Crippen LogP contribution in [0.5, 0.6) is 0 Å². The SMILES string of the molecule is CCS/C=C\C1CC=CC(CC)C(=O)N1C(C)(C)C. The highest BCUT2D eigenvalue weighted by Gasteiger charge is 2.35. The Morgan fingerprint density at radius 1 is 1.42 bits per heavy atom. The summed E-state index contributed by atoms with van der Waals surface area (Å²) >= 11 is 1.79. The molecule has 108 valence electrons. The van der Waals surface area contributed by atoms with E-state index in [-0.39, 0.29) is 23.4 Å². The van der Waals surface area contributed by atoms with E-state index in [0.717, 1.165) is 18.6 Å². The minimum Gasteiger partial charge on any atom is -0.331 e. The van der Waals surface area contributed by atoms with Crippen molar-refractivity contribution in [2.24, 2.45) is 5.92 Å². The van der Waals surface area contributed by atoms with Gasteiger partial charge in [-0.3, -0.25) is 4.79 Å². The number of nitrogens with zero attached hydrogens (tertiary/aromatic N) is 1. The van der Waals surface area contributed by atoms with Crippen molar-refractivity contribution in [3.63, 3.8) is 0 Å². The van der Waals surface area contributed by atoms with Crippen molar-refractivity contribution in [1.29, 1.82) is 0 Å². The lowest BCUT2D eigenvalue weighted by Gasteiger charge is -2.41. The summed E-state index contributed by atoms with van der Waals surface area (Å²) in [4.78, 5) is 14.8. The first-order chi connectivity index (χ1) is 8.91. The normalized spacial score (nSPS) is 25.1. The maximum Gasteiger partial charge on any atom is 0.230 e. The average molecular weight is 281 g/mol. The summed E-state index contributed by atoms with van der Waals surface area (Å²) in [6.45, 7) is 10.6. The van der Waals surface area contributed by atoms with Crippen LogP contribution in [0.1, 0.15) is 47.5 Å². The highest BCUT2D eigenvalue weighted by molar-refractivity contribution is 8.02. The molecule has 0 saturated carbocycles. The van der Waals surface area contributed by atoms with Gasteiger partial charge >= 0.3 is 0 Å². The molecule has 0 aliphatic carbocycles. The summed E-state index contributed by atoms with van der Waals surface area (Å²) in [5, 5.41) is 2.14. The molecule has 2 nitrogen and oxygen atoms in total. The number of rotatable bonds is 4. The highest BCUT2D eigenvalue weighted by atomic mass is 32.2. The number of amides is 1. The summed E-state index contributed by atoms with van der Waals surface area (Å²) in [6, 6.07) is 0.180. The Bertz CT molecular complexity index is 354. The lowest BCUT2D eigenvalue weighted by Crippen LogP contribution is -2.52. The molecular formula is C16H27NOS. The Kier molecular flexibility index (Phi) is 6.18. The first-order valence-corrected chi connectivity index (χ1v) is 8.24. The van der Waals surface area contributed by atoms with E-state index in [0.29, 0.717) is 0 Å². The molecule has 2 atom stereocenters. The Labute approximate surface area is 122 Å². The molecule has 1 aliphatic rings. The van der Waals surface area contributed by atoms with E-state index in [4.69, 9.17) is 0 Å². The molecule has 2 unspecified atom stereocenters. The molecule has 0 spiro atoms. The largest absolute Gasteiger partial charge is 0.331 e. The zero-order valence-corrected chi connectivity index (χ0v) is 13.7. The monoisotopic (exact) mass is 281 g/mol. The first-order valence-electron chi connectivity index (χ1n) is 7.19. The fourth-order valence-corrected chi connectivity index (χ4v) is 2.94. The number of carbonyl (C=O) groups is 1. The van der Waals surface area contributed by atoms with Crippen molar-refractivity contribution >= 4 is 17.7 Å². The van der Waals surface area contributed by atoms with Crippen LogP contribution in [0, 0.1) is 5.92 Å². The molecule has 1 rings (SSSR count). The Morgan fingerprint density at radius 3 is 2.63 bits per heavy atom. The maximum atomic E-state index is 12.7. The van der Waals surface area contributed by atoms with E-state index in [2.05, 4.69) is 63.2 Å². The van der Waals surface area contributed by atoms with Crippen LogP contribution in [0.2, 0.25) is 0 Å². The van der Waals surface area contributed by atoms with Crippen molar-refractivity contribution in [2.45, 2.75) is 59.0 Å². The Balaban J connectivity index is 3.00. The number of thioether (sulfide) groups is 1.